The number of fused-ring (bicyclic) bond motifs is 1. The molecule has 4 rings (SSSR count). The van der Waals surface area contributed by atoms with Crippen LogP contribution in [0.25, 0.3) is 5.78 Å². The van der Waals surface area contributed by atoms with Crippen molar-refractivity contribution in [3.05, 3.63) is 23.8 Å². The smallest absolute Gasteiger partial charge is 0.317 e. The SMILES string of the molecule is Cc1ccnc2nc(C(=O)NC3CCN(C(=O)NC4CCCCC4)CC3)nn12. The van der Waals surface area contributed by atoms with Gasteiger partial charge in [-0.05, 0) is 38.7 Å². The van der Waals surface area contributed by atoms with E-state index < -0.39 is 0 Å². The number of likely N-dealkylation sites (tertiary alicyclic amines) is 1. The van der Waals surface area contributed by atoms with Crippen LogP contribution in [0, 0.1) is 6.92 Å². The number of amides is 3. The molecule has 1 saturated carbocycles. The van der Waals surface area contributed by atoms with Gasteiger partial charge in [-0.25, -0.2) is 14.3 Å². The Kier molecular flexibility index (Phi) is 5.40. The van der Waals surface area contributed by atoms with Crippen molar-refractivity contribution >= 4 is 17.7 Å². The topological polar surface area (TPSA) is 105 Å². The molecule has 2 aromatic rings. The van der Waals surface area contributed by atoms with Crippen LogP contribution >= 0.6 is 0 Å². The van der Waals surface area contributed by atoms with Crippen LogP contribution in [-0.2, 0) is 0 Å². The summed E-state index contributed by atoms with van der Waals surface area (Å²) in [5.41, 5.74) is 0.869. The molecule has 0 bridgehead atoms. The Morgan fingerprint density at radius 3 is 2.46 bits per heavy atom. The summed E-state index contributed by atoms with van der Waals surface area (Å²) in [5, 5.41) is 10.4. The molecular formula is C19H27N7O2. The molecule has 9 nitrogen and oxygen atoms in total. The van der Waals surface area contributed by atoms with Crippen molar-refractivity contribution in [2.75, 3.05) is 13.1 Å². The first-order valence-electron chi connectivity index (χ1n) is 10.1. The maximum atomic E-state index is 12.5. The fourth-order valence-corrected chi connectivity index (χ4v) is 3.99. The first-order chi connectivity index (χ1) is 13.6. The summed E-state index contributed by atoms with van der Waals surface area (Å²) in [4.78, 5) is 35.1. The number of nitrogens with zero attached hydrogens (tertiary/aromatic N) is 5. The van der Waals surface area contributed by atoms with E-state index in [2.05, 4.69) is 25.7 Å². The molecule has 2 fully saturated rings. The number of aromatic nitrogens is 4. The maximum absolute atomic E-state index is 12.5. The Hall–Kier alpha value is -2.71. The van der Waals surface area contributed by atoms with Gasteiger partial charge < -0.3 is 15.5 Å². The highest BCUT2D eigenvalue weighted by atomic mass is 16.2. The van der Waals surface area contributed by atoms with E-state index in [1.54, 1.807) is 10.7 Å². The van der Waals surface area contributed by atoms with Crippen molar-refractivity contribution in [2.45, 2.75) is 64.0 Å². The quantitative estimate of drug-likeness (QED) is 0.836. The van der Waals surface area contributed by atoms with Crippen LogP contribution < -0.4 is 10.6 Å². The van der Waals surface area contributed by atoms with Crippen LogP contribution in [-0.4, -0.2) is 61.6 Å². The second kappa shape index (κ2) is 8.12. The van der Waals surface area contributed by atoms with Gasteiger partial charge in [-0.1, -0.05) is 19.3 Å². The number of hydrogen-bond donors (Lipinski definition) is 2. The van der Waals surface area contributed by atoms with Crippen molar-refractivity contribution < 1.29 is 9.59 Å². The van der Waals surface area contributed by atoms with Crippen LogP contribution in [0.4, 0.5) is 4.79 Å². The molecule has 0 aromatic carbocycles. The van der Waals surface area contributed by atoms with E-state index in [0.717, 1.165) is 31.4 Å². The van der Waals surface area contributed by atoms with Crippen LogP contribution in [0.15, 0.2) is 12.3 Å². The molecule has 1 saturated heterocycles. The van der Waals surface area contributed by atoms with Crippen LogP contribution in [0.2, 0.25) is 0 Å². The zero-order chi connectivity index (χ0) is 19.5. The molecule has 0 radical (unpaired) electrons. The lowest BCUT2D eigenvalue weighted by atomic mass is 9.95. The van der Waals surface area contributed by atoms with Gasteiger partial charge in [-0.3, -0.25) is 4.79 Å². The first kappa shape index (κ1) is 18.6. The van der Waals surface area contributed by atoms with Crippen LogP contribution in [0.3, 0.4) is 0 Å². The zero-order valence-corrected chi connectivity index (χ0v) is 16.2. The Morgan fingerprint density at radius 1 is 1.04 bits per heavy atom. The van der Waals surface area contributed by atoms with Gasteiger partial charge in [0.1, 0.15) is 0 Å². The lowest BCUT2D eigenvalue weighted by molar-refractivity contribution is 0.0907. The van der Waals surface area contributed by atoms with Crippen LogP contribution in [0.1, 0.15) is 61.3 Å². The number of nitrogens with one attached hydrogen (secondary N) is 2. The minimum absolute atomic E-state index is 0.0203. The predicted octanol–water partition coefficient (Wildman–Crippen LogP) is 1.67. The number of aryl methyl sites for hydroxylation is 1. The molecule has 0 atom stereocenters. The molecule has 3 amide bonds. The number of piperidine rings is 1. The van der Waals surface area contributed by atoms with E-state index in [0.29, 0.717) is 24.9 Å². The fourth-order valence-electron chi connectivity index (χ4n) is 3.99. The normalized spacial score (nSPS) is 19.0. The lowest BCUT2D eigenvalue weighted by Crippen LogP contribution is -2.51. The summed E-state index contributed by atoms with van der Waals surface area (Å²) in [7, 11) is 0. The summed E-state index contributed by atoms with van der Waals surface area (Å²) in [6, 6.07) is 2.18. The second-order valence-electron chi connectivity index (χ2n) is 7.75. The fraction of sp³-hybridized carbons (Fsp3) is 0.632. The highest BCUT2D eigenvalue weighted by Crippen LogP contribution is 2.18. The Balaban J connectivity index is 1.28. The van der Waals surface area contributed by atoms with Crippen LogP contribution in [0.5, 0.6) is 0 Å². The van der Waals surface area contributed by atoms with E-state index in [9.17, 15) is 9.59 Å². The van der Waals surface area contributed by atoms with Crippen molar-refractivity contribution in [3.63, 3.8) is 0 Å². The van der Waals surface area contributed by atoms with Gasteiger partial charge in [0.25, 0.3) is 11.7 Å². The molecule has 2 aliphatic rings. The monoisotopic (exact) mass is 385 g/mol. The lowest BCUT2D eigenvalue weighted by Gasteiger charge is -2.34. The number of urea groups is 1. The summed E-state index contributed by atoms with van der Waals surface area (Å²) in [5.74, 6) is 0.244. The van der Waals surface area contributed by atoms with Gasteiger partial charge in [0, 0.05) is 37.1 Å². The third-order valence-corrected chi connectivity index (χ3v) is 5.68. The van der Waals surface area contributed by atoms with Gasteiger partial charge in [-0.2, -0.15) is 4.98 Å². The van der Waals surface area contributed by atoms with E-state index in [1.807, 2.05) is 17.9 Å². The molecule has 0 spiro atoms. The van der Waals surface area contributed by atoms with E-state index in [-0.39, 0.29) is 23.8 Å². The molecule has 150 valence electrons. The van der Waals surface area contributed by atoms with Crippen molar-refractivity contribution in [1.82, 2.24) is 35.1 Å². The van der Waals surface area contributed by atoms with Gasteiger partial charge >= 0.3 is 6.03 Å². The van der Waals surface area contributed by atoms with E-state index >= 15 is 0 Å². The third kappa shape index (κ3) is 4.07. The van der Waals surface area contributed by atoms with Crippen molar-refractivity contribution in [1.29, 1.82) is 0 Å². The Bertz CT molecular complexity index is 851. The van der Waals surface area contributed by atoms with Gasteiger partial charge in [0.15, 0.2) is 0 Å². The third-order valence-electron chi connectivity index (χ3n) is 5.68. The standard InChI is InChI=1S/C19H27N7O2/c1-13-7-10-20-18-23-16(24-26(13)18)17(27)21-15-8-11-25(12-9-15)19(28)22-14-5-3-2-4-6-14/h7,10,14-15H,2-6,8-9,11-12H2,1H3,(H,21,27)(H,22,28). The van der Waals surface area contributed by atoms with Crippen molar-refractivity contribution in [2.24, 2.45) is 0 Å². The highest BCUT2D eigenvalue weighted by Gasteiger charge is 2.27. The minimum Gasteiger partial charge on any atom is -0.346 e. The molecule has 1 aliphatic carbocycles. The molecular weight excluding hydrogens is 358 g/mol. The van der Waals surface area contributed by atoms with Gasteiger partial charge in [0.2, 0.25) is 5.82 Å². The predicted molar refractivity (Wildman–Crippen MR) is 103 cm³/mol. The number of carbonyl (C=O) groups is 2. The van der Waals surface area contributed by atoms with Gasteiger partial charge in [0.05, 0.1) is 0 Å². The summed E-state index contributed by atoms with van der Waals surface area (Å²) in [6.45, 7) is 3.17. The van der Waals surface area contributed by atoms with Crippen molar-refractivity contribution in [3.8, 4) is 0 Å². The molecule has 1 aliphatic heterocycles. The molecule has 3 heterocycles. The average molecular weight is 385 g/mol. The number of hydrogen-bond acceptors (Lipinski definition) is 5. The maximum Gasteiger partial charge on any atom is 0.317 e. The molecule has 28 heavy (non-hydrogen) atoms. The summed E-state index contributed by atoms with van der Waals surface area (Å²) < 4.78 is 1.56. The van der Waals surface area contributed by atoms with E-state index in [4.69, 9.17) is 0 Å². The minimum atomic E-state index is -0.296. The average Bonchev–Trinajstić information content (AvgIpc) is 3.15. The summed E-state index contributed by atoms with van der Waals surface area (Å²) in [6.07, 6.45) is 8.94. The number of carbonyl (C=O) groups excluding carboxylic acids is 2. The molecule has 2 aromatic heterocycles. The zero-order valence-electron chi connectivity index (χ0n) is 16.2. The first-order valence-corrected chi connectivity index (χ1v) is 10.1. The summed E-state index contributed by atoms with van der Waals surface area (Å²) >= 11 is 0. The molecule has 9 heteroatoms. The van der Waals surface area contributed by atoms with E-state index in [1.165, 1.54) is 19.3 Å². The Labute approximate surface area is 163 Å². The Morgan fingerprint density at radius 2 is 1.75 bits per heavy atom. The second-order valence-corrected chi connectivity index (χ2v) is 7.75. The number of rotatable bonds is 3. The molecule has 2 N–H and O–H groups in total. The highest BCUT2D eigenvalue weighted by molar-refractivity contribution is 5.91. The van der Waals surface area contributed by atoms with Gasteiger partial charge in [-0.15, -0.1) is 5.10 Å². The largest absolute Gasteiger partial charge is 0.346 e. The molecule has 0 unspecified atom stereocenters.